The summed E-state index contributed by atoms with van der Waals surface area (Å²) < 4.78 is 0. The van der Waals surface area contributed by atoms with Crippen LogP contribution in [0, 0.1) is 11.8 Å². The Labute approximate surface area is 87.3 Å². The molecule has 1 aliphatic heterocycles. The molecule has 3 heteroatoms. The Morgan fingerprint density at radius 2 is 1.86 bits per heavy atom. The minimum Gasteiger partial charge on any atom is -0.396 e. The Morgan fingerprint density at radius 1 is 1.29 bits per heavy atom. The lowest BCUT2D eigenvalue weighted by atomic mass is 9.89. The average molecular weight is 200 g/mol. The van der Waals surface area contributed by atoms with Crippen LogP contribution in [0.3, 0.4) is 0 Å². The lowest BCUT2D eigenvalue weighted by Gasteiger charge is -2.36. The van der Waals surface area contributed by atoms with Crippen LogP contribution in [0.2, 0.25) is 0 Å². The van der Waals surface area contributed by atoms with Gasteiger partial charge in [-0.05, 0) is 38.4 Å². The van der Waals surface area contributed by atoms with Crippen LogP contribution in [-0.4, -0.2) is 42.3 Å². The van der Waals surface area contributed by atoms with Crippen LogP contribution in [0.5, 0.6) is 0 Å². The van der Waals surface area contributed by atoms with E-state index in [0.717, 1.165) is 0 Å². The standard InChI is InChI=1S/C11H24N2O/c1-9(2)11(10(7-12)8-14)13-5-3-4-6-13/h9-11,14H,3-8,12H2,1-2H3/t10-,11-/m0/s1. The second-order valence-corrected chi connectivity index (χ2v) is 4.66. The highest BCUT2D eigenvalue weighted by Crippen LogP contribution is 2.23. The van der Waals surface area contributed by atoms with Crippen LogP contribution >= 0.6 is 0 Å². The largest absolute Gasteiger partial charge is 0.396 e. The zero-order valence-electron chi connectivity index (χ0n) is 9.45. The second-order valence-electron chi connectivity index (χ2n) is 4.66. The molecule has 2 atom stereocenters. The Hall–Kier alpha value is -0.120. The summed E-state index contributed by atoms with van der Waals surface area (Å²) in [5.74, 6) is 0.821. The number of rotatable bonds is 5. The van der Waals surface area contributed by atoms with E-state index in [0.29, 0.717) is 18.5 Å². The van der Waals surface area contributed by atoms with Crippen molar-refractivity contribution in [1.82, 2.24) is 4.90 Å². The van der Waals surface area contributed by atoms with Crippen LogP contribution in [0.25, 0.3) is 0 Å². The minimum absolute atomic E-state index is 0.218. The third kappa shape index (κ3) is 2.69. The van der Waals surface area contributed by atoms with Gasteiger partial charge in [-0.25, -0.2) is 0 Å². The van der Waals surface area contributed by atoms with Crippen molar-refractivity contribution in [2.75, 3.05) is 26.2 Å². The molecule has 0 spiro atoms. The molecule has 14 heavy (non-hydrogen) atoms. The number of likely N-dealkylation sites (tertiary alicyclic amines) is 1. The first-order valence-electron chi connectivity index (χ1n) is 5.75. The molecule has 0 aliphatic carbocycles. The van der Waals surface area contributed by atoms with Gasteiger partial charge in [0.25, 0.3) is 0 Å². The van der Waals surface area contributed by atoms with Crippen molar-refractivity contribution in [2.45, 2.75) is 32.7 Å². The summed E-state index contributed by atoms with van der Waals surface area (Å²) in [4.78, 5) is 2.50. The lowest BCUT2D eigenvalue weighted by Crippen LogP contribution is -2.46. The molecule has 0 saturated carbocycles. The van der Waals surface area contributed by atoms with Crippen LogP contribution < -0.4 is 5.73 Å². The zero-order chi connectivity index (χ0) is 10.6. The summed E-state index contributed by atoms with van der Waals surface area (Å²) in [6.07, 6.45) is 2.60. The molecule has 1 aliphatic rings. The molecule has 0 radical (unpaired) electrons. The average Bonchev–Trinajstić information content (AvgIpc) is 2.65. The van der Waals surface area contributed by atoms with Gasteiger partial charge in [-0.15, -0.1) is 0 Å². The lowest BCUT2D eigenvalue weighted by molar-refractivity contribution is 0.0880. The van der Waals surface area contributed by atoms with Gasteiger partial charge in [-0.2, -0.15) is 0 Å². The molecule has 0 unspecified atom stereocenters. The SMILES string of the molecule is CC(C)[C@@H]([C@@H](CN)CO)N1CCCC1. The molecule has 0 aromatic carbocycles. The first-order chi connectivity index (χ1) is 6.70. The quantitative estimate of drug-likeness (QED) is 0.686. The zero-order valence-corrected chi connectivity index (χ0v) is 9.45. The monoisotopic (exact) mass is 200 g/mol. The molecular weight excluding hydrogens is 176 g/mol. The molecule has 1 fully saturated rings. The highest BCUT2D eigenvalue weighted by Gasteiger charge is 2.30. The number of nitrogens with two attached hydrogens (primary N) is 1. The van der Waals surface area contributed by atoms with Gasteiger partial charge in [0, 0.05) is 18.6 Å². The van der Waals surface area contributed by atoms with Crippen molar-refractivity contribution in [3.05, 3.63) is 0 Å². The third-order valence-electron chi connectivity index (χ3n) is 3.27. The Balaban J connectivity index is 2.61. The van der Waals surface area contributed by atoms with Crippen LogP contribution in [-0.2, 0) is 0 Å². The fraction of sp³-hybridized carbons (Fsp3) is 1.00. The molecular formula is C11H24N2O. The van der Waals surface area contributed by atoms with Crippen LogP contribution in [0.15, 0.2) is 0 Å². The van der Waals surface area contributed by atoms with Gasteiger partial charge in [0.05, 0.1) is 0 Å². The Kier molecular flexibility index (Phi) is 4.85. The number of aliphatic hydroxyl groups is 1. The van der Waals surface area contributed by atoms with Gasteiger partial charge in [0.2, 0.25) is 0 Å². The molecule has 1 saturated heterocycles. The van der Waals surface area contributed by atoms with E-state index in [1.54, 1.807) is 0 Å². The van der Waals surface area contributed by atoms with Crippen molar-refractivity contribution < 1.29 is 5.11 Å². The Bertz CT molecular complexity index is 149. The number of nitrogens with zero attached hydrogens (tertiary/aromatic N) is 1. The normalized spacial score (nSPS) is 22.9. The predicted octanol–water partition coefficient (Wildman–Crippen LogP) is 0.674. The van der Waals surface area contributed by atoms with E-state index in [1.807, 2.05) is 0 Å². The molecule has 3 nitrogen and oxygen atoms in total. The van der Waals surface area contributed by atoms with Crippen molar-refractivity contribution in [3.8, 4) is 0 Å². The second kappa shape index (κ2) is 5.69. The van der Waals surface area contributed by atoms with Gasteiger partial charge < -0.3 is 10.8 Å². The maximum atomic E-state index is 9.30. The fourth-order valence-electron chi connectivity index (χ4n) is 2.63. The maximum absolute atomic E-state index is 9.30. The van der Waals surface area contributed by atoms with Crippen molar-refractivity contribution in [2.24, 2.45) is 17.6 Å². The molecule has 0 amide bonds. The molecule has 0 bridgehead atoms. The maximum Gasteiger partial charge on any atom is 0.0486 e. The summed E-state index contributed by atoms with van der Waals surface area (Å²) in [6, 6.07) is 0.465. The van der Waals surface area contributed by atoms with Crippen molar-refractivity contribution in [1.29, 1.82) is 0 Å². The van der Waals surface area contributed by atoms with E-state index >= 15 is 0 Å². The van der Waals surface area contributed by atoms with E-state index in [4.69, 9.17) is 5.73 Å². The van der Waals surface area contributed by atoms with Crippen molar-refractivity contribution in [3.63, 3.8) is 0 Å². The molecule has 3 N–H and O–H groups in total. The highest BCUT2D eigenvalue weighted by atomic mass is 16.3. The van der Waals surface area contributed by atoms with E-state index in [9.17, 15) is 5.11 Å². The van der Waals surface area contributed by atoms with Gasteiger partial charge in [0.1, 0.15) is 0 Å². The summed E-state index contributed by atoms with van der Waals surface area (Å²) in [5.41, 5.74) is 5.70. The topological polar surface area (TPSA) is 49.5 Å². The number of aliphatic hydroxyl groups excluding tert-OH is 1. The van der Waals surface area contributed by atoms with Gasteiger partial charge >= 0.3 is 0 Å². The van der Waals surface area contributed by atoms with E-state index in [2.05, 4.69) is 18.7 Å². The van der Waals surface area contributed by atoms with E-state index in [-0.39, 0.29) is 12.5 Å². The smallest absolute Gasteiger partial charge is 0.0486 e. The first-order valence-corrected chi connectivity index (χ1v) is 5.75. The minimum atomic E-state index is 0.218. The molecule has 0 aromatic rings. The summed E-state index contributed by atoms with van der Waals surface area (Å²) in [5, 5.41) is 9.30. The summed E-state index contributed by atoms with van der Waals surface area (Å²) in [6.45, 7) is 7.62. The molecule has 84 valence electrons. The molecule has 0 aromatic heterocycles. The molecule has 1 heterocycles. The molecule has 1 rings (SSSR count). The van der Waals surface area contributed by atoms with Crippen LogP contribution in [0.1, 0.15) is 26.7 Å². The van der Waals surface area contributed by atoms with Gasteiger partial charge in [-0.1, -0.05) is 13.8 Å². The first kappa shape index (κ1) is 12.0. The van der Waals surface area contributed by atoms with Crippen LogP contribution in [0.4, 0.5) is 0 Å². The van der Waals surface area contributed by atoms with E-state index < -0.39 is 0 Å². The van der Waals surface area contributed by atoms with E-state index in [1.165, 1.54) is 25.9 Å². The number of hydrogen-bond donors (Lipinski definition) is 2. The summed E-state index contributed by atoms with van der Waals surface area (Å²) in [7, 11) is 0. The Morgan fingerprint density at radius 3 is 2.21 bits per heavy atom. The highest BCUT2D eigenvalue weighted by molar-refractivity contribution is 4.84. The third-order valence-corrected chi connectivity index (χ3v) is 3.27. The van der Waals surface area contributed by atoms with Gasteiger partial charge in [0.15, 0.2) is 0 Å². The number of hydrogen-bond acceptors (Lipinski definition) is 3. The van der Waals surface area contributed by atoms with Crippen molar-refractivity contribution >= 4 is 0 Å². The predicted molar refractivity (Wildman–Crippen MR) is 59.1 cm³/mol. The summed E-state index contributed by atoms with van der Waals surface area (Å²) >= 11 is 0. The fourth-order valence-corrected chi connectivity index (χ4v) is 2.63. The van der Waals surface area contributed by atoms with Gasteiger partial charge in [-0.3, -0.25) is 4.90 Å².